The van der Waals surface area contributed by atoms with E-state index < -0.39 is 5.97 Å². The van der Waals surface area contributed by atoms with E-state index >= 15 is 0 Å². The molecule has 0 saturated carbocycles. The van der Waals surface area contributed by atoms with E-state index in [0.717, 1.165) is 10.9 Å². The highest BCUT2D eigenvalue weighted by Crippen LogP contribution is 2.29. The summed E-state index contributed by atoms with van der Waals surface area (Å²) in [6, 6.07) is 14.5. The van der Waals surface area contributed by atoms with Crippen LogP contribution in [0.4, 0.5) is 0 Å². The number of fused-ring (bicyclic) bond motifs is 1. The van der Waals surface area contributed by atoms with Gasteiger partial charge in [-0.05, 0) is 18.2 Å². The predicted molar refractivity (Wildman–Crippen MR) is 88.4 cm³/mol. The topological polar surface area (TPSA) is 72.6 Å². The lowest BCUT2D eigenvalue weighted by Gasteiger charge is -2.10. The monoisotopic (exact) mass is 324 g/mol. The smallest absolute Gasteiger partial charge is 0.338 e. The Morgan fingerprint density at radius 3 is 2.58 bits per heavy atom. The maximum atomic E-state index is 12.1. The average Bonchev–Trinajstić information content (AvgIpc) is 3.03. The van der Waals surface area contributed by atoms with Gasteiger partial charge in [0, 0.05) is 19.7 Å². The molecule has 0 bridgehead atoms. The van der Waals surface area contributed by atoms with Crippen LogP contribution in [0.25, 0.3) is 22.2 Å². The summed E-state index contributed by atoms with van der Waals surface area (Å²) in [4.78, 5) is 25.0. The summed E-state index contributed by atoms with van der Waals surface area (Å²) in [5.74, 6) is -0.253. The van der Waals surface area contributed by atoms with Gasteiger partial charge >= 0.3 is 5.97 Å². The lowest BCUT2D eigenvalue weighted by molar-refractivity contribution is -0.131. The van der Waals surface area contributed by atoms with Crippen LogP contribution in [-0.2, 0) is 9.53 Å². The Labute approximate surface area is 138 Å². The molecule has 0 aliphatic rings. The first-order valence-corrected chi connectivity index (χ1v) is 7.38. The van der Waals surface area contributed by atoms with Gasteiger partial charge in [0.05, 0.1) is 10.9 Å². The minimum atomic E-state index is -0.563. The lowest BCUT2D eigenvalue weighted by atomic mass is 10.1. The van der Waals surface area contributed by atoms with Crippen molar-refractivity contribution < 1.29 is 18.8 Å². The van der Waals surface area contributed by atoms with Gasteiger partial charge < -0.3 is 14.2 Å². The highest BCUT2D eigenvalue weighted by molar-refractivity contribution is 5.99. The fourth-order valence-electron chi connectivity index (χ4n) is 2.21. The SMILES string of the molecule is CN(C)C(=O)COC(=O)c1ccc2noc(-c3ccccc3)c2c1. The number of likely N-dealkylation sites (N-methyl/N-ethyl adjacent to an activating group) is 1. The zero-order valence-electron chi connectivity index (χ0n) is 13.4. The molecule has 122 valence electrons. The van der Waals surface area contributed by atoms with Gasteiger partial charge in [0.25, 0.3) is 5.91 Å². The predicted octanol–water partition coefficient (Wildman–Crippen LogP) is 2.74. The fourth-order valence-corrected chi connectivity index (χ4v) is 2.21. The second-order valence-corrected chi connectivity index (χ2v) is 5.47. The van der Waals surface area contributed by atoms with Crippen molar-refractivity contribution in [2.45, 2.75) is 0 Å². The molecular weight excluding hydrogens is 308 g/mol. The van der Waals surface area contributed by atoms with Crippen molar-refractivity contribution in [2.24, 2.45) is 0 Å². The molecule has 0 unspecified atom stereocenters. The Kier molecular flexibility index (Phi) is 4.29. The van der Waals surface area contributed by atoms with E-state index in [2.05, 4.69) is 5.16 Å². The van der Waals surface area contributed by atoms with E-state index in [9.17, 15) is 9.59 Å². The highest BCUT2D eigenvalue weighted by atomic mass is 16.5. The number of benzene rings is 2. The molecule has 6 nitrogen and oxygen atoms in total. The zero-order valence-corrected chi connectivity index (χ0v) is 13.4. The molecule has 0 atom stereocenters. The molecule has 0 fully saturated rings. The third-order valence-electron chi connectivity index (χ3n) is 3.57. The summed E-state index contributed by atoms with van der Waals surface area (Å²) in [6.45, 7) is -0.293. The van der Waals surface area contributed by atoms with Crippen LogP contribution in [0.3, 0.4) is 0 Å². The first kappa shape index (κ1) is 15.7. The number of esters is 1. The van der Waals surface area contributed by atoms with E-state index in [0.29, 0.717) is 16.8 Å². The number of hydrogen-bond donors (Lipinski definition) is 0. The maximum absolute atomic E-state index is 12.1. The molecule has 0 aliphatic heterocycles. The van der Waals surface area contributed by atoms with Gasteiger partial charge in [-0.2, -0.15) is 0 Å². The number of nitrogens with zero attached hydrogens (tertiary/aromatic N) is 2. The van der Waals surface area contributed by atoms with Gasteiger partial charge in [-0.15, -0.1) is 0 Å². The Hall–Kier alpha value is -3.15. The van der Waals surface area contributed by atoms with Gasteiger partial charge in [-0.1, -0.05) is 35.5 Å². The number of carbonyl (C=O) groups excluding carboxylic acids is 2. The lowest BCUT2D eigenvalue weighted by Crippen LogP contribution is -2.27. The maximum Gasteiger partial charge on any atom is 0.338 e. The first-order valence-electron chi connectivity index (χ1n) is 7.38. The molecule has 0 radical (unpaired) electrons. The Morgan fingerprint density at radius 2 is 1.88 bits per heavy atom. The minimum absolute atomic E-state index is 0.278. The molecule has 6 heteroatoms. The van der Waals surface area contributed by atoms with Gasteiger partial charge in [0.1, 0.15) is 5.52 Å². The van der Waals surface area contributed by atoms with Crippen LogP contribution in [0.15, 0.2) is 53.1 Å². The first-order chi connectivity index (χ1) is 11.6. The van der Waals surface area contributed by atoms with Crippen molar-refractivity contribution >= 4 is 22.8 Å². The summed E-state index contributed by atoms with van der Waals surface area (Å²) >= 11 is 0. The third kappa shape index (κ3) is 3.12. The Bertz CT molecular complexity index is 884. The molecule has 3 aromatic rings. The van der Waals surface area contributed by atoms with Crippen LogP contribution in [0.1, 0.15) is 10.4 Å². The molecule has 1 aromatic heterocycles. The molecule has 3 rings (SSSR count). The van der Waals surface area contributed by atoms with Crippen molar-refractivity contribution in [1.82, 2.24) is 10.1 Å². The summed E-state index contributed by atoms with van der Waals surface area (Å²) in [7, 11) is 3.21. The normalized spacial score (nSPS) is 10.6. The Balaban J connectivity index is 1.88. The van der Waals surface area contributed by atoms with Crippen LogP contribution in [0.2, 0.25) is 0 Å². The number of aromatic nitrogens is 1. The molecular formula is C18H16N2O4. The number of carbonyl (C=O) groups is 2. The van der Waals surface area contributed by atoms with Crippen molar-refractivity contribution in [3.63, 3.8) is 0 Å². The molecule has 1 heterocycles. The molecule has 0 spiro atoms. The van der Waals surface area contributed by atoms with Crippen molar-refractivity contribution in [1.29, 1.82) is 0 Å². The molecule has 24 heavy (non-hydrogen) atoms. The molecule has 0 aliphatic carbocycles. The van der Waals surface area contributed by atoms with Crippen LogP contribution in [-0.4, -0.2) is 42.6 Å². The minimum Gasteiger partial charge on any atom is -0.452 e. The average molecular weight is 324 g/mol. The van der Waals surface area contributed by atoms with Gasteiger partial charge in [0.2, 0.25) is 0 Å². The second-order valence-electron chi connectivity index (χ2n) is 5.47. The van der Waals surface area contributed by atoms with Gasteiger partial charge in [-0.3, -0.25) is 4.79 Å². The largest absolute Gasteiger partial charge is 0.452 e. The summed E-state index contributed by atoms with van der Waals surface area (Å²) < 4.78 is 10.4. The highest BCUT2D eigenvalue weighted by Gasteiger charge is 2.16. The summed E-state index contributed by atoms with van der Waals surface area (Å²) in [5, 5.41) is 4.72. The number of amides is 1. The van der Waals surface area contributed by atoms with Crippen LogP contribution < -0.4 is 0 Å². The number of hydrogen-bond acceptors (Lipinski definition) is 5. The van der Waals surface area contributed by atoms with Crippen molar-refractivity contribution in [3.8, 4) is 11.3 Å². The zero-order chi connectivity index (χ0) is 17.1. The number of rotatable bonds is 4. The van der Waals surface area contributed by atoms with E-state index in [1.165, 1.54) is 4.90 Å². The van der Waals surface area contributed by atoms with Crippen molar-refractivity contribution in [3.05, 3.63) is 54.1 Å². The van der Waals surface area contributed by atoms with Gasteiger partial charge in [0.15, 0.2) is 12.4 Å². The Morgan fingerprint density at radius 1 is 1.12 bits per heavy atom. The van der Waals surface area contributed by atoms with E-state index in [4.69, 9.17) is 9.26 Å². The molecule has 0 N–H and O–H groups in total. The van der Waals surface area contributed by atoms with Crippen LogP contribution >= 0.6 is 0 Å². The molecule has 1 amide bonds. The van der Waals surface area contributed by atoms with E-state index in [1.54, 1.807) is 32.3 Å². The third-order valence-corrected chi connectivity index (χ3v) is 3.57. The molecule has 0 saturated heterocycles. The summed E-state index contributed by atoms with van der Waals surface area (Å²) in [6.07, 6.45) is 0. The number of ether oxygens (including phenoxy) is 1. The van der Waals surface area contributed by atoms with Crippen LogP contribution in [0, 0.1) is 0 Å². The van der Waals surface area contributed by atoms with E-state index in [1.807, 2.05) is 30.3 Å². The standard InChI is InChI=1S/C18H16N2O4/c1-20(2)16(21)11-23-18(22)13-8-9-15-14(10-13)17(24-19-15)12-6-4-3-5-7-12/h3-10H,11H2,1-2H3. The fraction of sp³-hybridized carbons (Fsp3) is 0.167. The van der Waals surface area contributed by atoms with Crippen molar-refractivity contribution in [2.75, 3.05) is 20.7 Å². The quantitative estimate of drug-likeness (QED) is 0.690. The van der Waals surface area contributed by atoms with Crippen LogP contribution in [0.5, 0.6) is 0 Å². The second kappa shape index (κ2) is 6.54. The summed E-state index contributed by atoms with van der Waals surface area (Å²) in [5.41, 5.74) is 1.86. The van der Waals surface area contributed by atoms with Gasteiger partial charge in [-0.25, -0.2) is 4.79 Å². The molecule has 2 aromatic carbocycles. The van der Waals surface area contributed by atoms with E-state index in [-0.39, 0.29) is 12.5 Å².